The third kappa shape index (κ3) is 7.10. The minimum Gasteiger partial charge on any atom is -0.494 e. The number of ether oxygens (including phenoxy) is 2. The Hall–Kier alpha value is -3.79. The Labute approximate surface area is 206 Å². The van der Waals surface area contributed by atoms with E-state index >= 15 is 0 Å². The van der Waals surface area contributed by atoms with E-state index in [2.05, 4.69) is 34.0 Å². The second-order valence-corrected chi connectivity index (χ2v) is 7.74. The first kappa shape index (κ1) is 27.5. The van der Waals surface area contributed by atoms with Gasteiger partial charge in [0.05, 0.1) is 26.6 Å². The van der Waals surface area contributed by atoms with Crippen molar-refractivity contribution >= 4 is 0 Å². The molecule has 0 aliphatic carbocycles. The van der Waals surface area contributed by atoms with Crippen LogP contribution in [0.5, 0.6) is 11.5 Å². The summed E-state index contributed by atoms with van der Waals surface area (Å²) >= 11 is 0. The third-order valence-corrected chi connectivity index (χ3v) is 4.68. The molecule has 0 radical (unpaired) electrons. The van der Waals surface area contributed by atoms with Gasteiger partial charge in [0.2, 0.25) is 5.82 Å². The van der Waals surface area contributed by atoms with Crippen molar-refractivity contribution in [2.75, 3.05) is 21.3 Å². The standard InChI is InChI=1S/C16H17N3O3.C8H11FN2.CH4O.H2/c1-10-8-9-14(22-10)16-18-17-11(2)19(16)15-12(20-3)6-5-7-13(15)21-4;1-6(2)3-8-10-4-7(9)5-11-8;1-2;/h5-9H,1-4H3;4-6H,3H2,1-2H3;2H,1H3;1H. The molecule has 0 saturated carbocycles. The van der Waals surface area contributed by atoms with E-state index in [1.807, 2.05) is 48.7 Å². The zero-order chi connectivity index (χ0) is 26.0. The minimum atomic E-state index is -0.377. The molecule has 0 aliphatic heterocycles. The van der Waals surface area contributed by atoms with Crippen molar-refractivity contribution in [3.05, 3.63) is 66.0 Å². The molecule has 35 heavy (non-hydrogen) atoms. The lowest BCUT2D eigenvalue weighted by Gasteiger charge is -2.15. The van der Waals surface area contributed by atoms with E-state index in [9.17, 15) is 4.39 Å². The smallest absolute Gasteiger partial charge is 0.204 e. The Morgan fingerprint density at radius 1 is 1.00 bits per heavy atom. The lowest BCUT2D eigenvalue weighted by molar-refractivity contribution is 0.390. The zero-order valence-electron chi connectivity index (χ0n) is 21.1. The number of aliphatic hydroxyl groups excluding tert-OH is 1. The van der Waals surface area contributed by atoms with Gasteiger partial charge in [0, 0.05) is 15.0 Å². The highest BCUT2D eigenvalue weighted by Gasteiger charge is 2.21. The number of halogens is 1. The number of nitrogens with zero attached hydrogens (tertiary/aromatic N) is 5. The average molecular weight is 488 g/mol. The molecule has 4 aromatic rings. The molecule has 0 fully saturated rings. The van der Waals surface area contributed by atoms with Gasteiger partial charge in [-0.15, -0.1) is 10.2 Å². The second kappa shape index (κ2) is 13.2. The maximum Gasteiger partial charge on any atom is 0.204 e. The van der Waals surface area contributed by atoms with Crippen molar-refractivity contribution in [1.29, 1.82) is 0 Å². The first-order valence-corrected chi connectivity index (χ1v) is 10.9. The van der Waals surface area contributed by atoms with E-state index < -0.39 is 0 Å². The van der Waals surface area contributed by atoms with Gasteiger partial charge in [0.15, 0.2) is 11.6 Å². The summed E-state index contributed by atoms with van der Waals surface area (Å²) < 4.78 is 30.8. The van der Waals surface area contributed by atoms with Gasteiger partial charge < -0.3 is 19.0 Å². The Kier molecular flexibility index (Phi) is 10.3. The summed E-state index contributed by atoms with van der Waals surface area (Å²) in [5.74, 6) is 4.97. The van der Waals surface area contributed by atoms with Gasteiger partial charge >= 0.3 is 0 Å². The number of para-hydroxylation sites is 1. The molecule has 190 valence electrons. The average Bonchev–Trinajstić information content (AvgIpc) is 3.46. The first-order valence-electron chi connectivity index (χ1n) is 10.9. The van der Waals surface area contributed by atoms with Gasteiger partial charge in [-0.3, -0.25) is 4.57 Å². The summed E-state index contributed by atoms with van der Waals surface area (Å²) in [7, 11) is 4.24. The predicted molar refractivity (Wildman–Crippen MR) is 132 cm³/mol. The molecule has 0 saturated heterocycles. The minimum absolute atomic E-state index is 0. The van der Waals surface area contributed by atoms with Crippen LogP contribution in [0, 0.1) is 25.6 Å². The molecular formula is C25H34FN5O4. The maximum atomic E-state index is 12.3. The molecule has 3 heterocycles. The molecule has 0 atom stereocenters. The van der Waals surface area contributed by atoms with Crippen LogP contribution in [0.3, 0.4) is 0 Å². The number of benzene rings is 1. The van der Waals surface area contributed by atoms with E-state index in [4.69, 9.17) is 19.0 Å². The SMILES string of the molecule is CC(C)Cc1ncc(F)cn1.CO.COc1cccc(OC)c1-n1c(C)nnc1-c1ccc(C)o1.[HH]. The summed E-state index contributed by atoms with van der Waals surface area (Å²) in [5.41, 5.74) is 0.749. The quantitative estimate of drug-likeness (QED) is 0.412. The summed E-state index contributed by atoms with van der Waals surface area (Å²) in [6, 6.07) is 9.38. The van der Waals surface area contributed by atoms with E-state index in [-0.39, 0.29) is 7.24 Å². The van der Waals surface area contributed by atoms with Crippen LogP contribution < -0.4 is 9.47 Å². The Balaban J connectivity index is 0.000000393. The van der Waals surface area contributed by atoms with Gasteiger partial charge in [-0.1, -0.05) is 19.9 Å². The highest BCUT2D eigenvalue weighted by molar-refractivity contribution is 5.63. The van der Waals surface area contributed by atoms with Gasteiger partial charge in [0.25, 0.3) is 0 Å². The summed E-state index contributed by atoms with van der Waals surface area (Å²) in [4.78, 5) is 7.66. The molecule has 0 spiro atoms. The molecule has 4 rings (SSSR count). The number of furan rings is 1. The van der Waals surface area contributed by atoms with Gasteiger partial charge in [0.1, 0.15) is 34.6 Å². The van der Waals surface area contributed by atoms with E-state index in [1.54, 1.807) is 14.2 Å². The van der Waals surface area contributed by atoms with Gasteiger partial charge in [-0.2, -0.15) is 0 Å². The van der Waals surface area contributed by atoms with Crippen molar-refractivity contribution in [2.45, 2.75) is 34.1 Å². The Bertz CT molecular complexity index is 1170. The van der Waals surface area contributed by atoms with Crippen molar-refractivity contribution in [2.24, 2.45) is 5.92 Å². The molecule has 1 aromatic carbocycles. The first-order chi connectivity index (χ1) is 16.8. The number of rotatable bonds is 6. The Morgan fingerprint density at radius 2 is 1.60 bits per heavy atom. The van der Waals surface area contributed by atoms with Gasteiger partial charge in [-0.05, 0) is 44.0 Å². The monoisotopic (exact) mass is 487 g/mol. The lowest BCUT2D eigenvalue weighted by Crippen LogP contribution is -2.04. The molecule has 0 amide bonds. The summed E-state index contributed by atoms with van der Waals surface area (Å²) in [5, 5.41) is 15.4. The molecule has 9 nitrogen and oxygen atoms in total. The fourth-order valence-electron chi connectivity index (χ4n) is 3.21. The molecule has 1 N–H and O–H groups in total. The predicted octanol–water partition coefficient (Wildman–Crippen LogP) is 4.83. The van der Waals surface area contributed by atoms with Crippen LogP contribution in [0.15, 0.2) is 47.1 Å². The molecule has 0 aliphatic rings. The van der Waals surface area contributed by atoms with Crippen molar-refractivity contribution in [1.82, 2.24) is 24.7 Å². The van der Waals surface area contributed by atoms with Crippen molar-refractivity contribution < 1.29 is 24.8 Å². The van der Waals surface area contributed by atoms with E-state index in [1.165, 1.54) is 12.4 Å². The van der Waals surface area contributed by atoms with E-state index in [0.29, 0.717) is 40.7 Å². The molecule has 0 unspecified atom stereocenters. The van der Waals surface area contributed by atoms with Crippen LogP contribution >= 0.6 is 0 Å². The van der Waals surface area contributed by atoms with Crippen LogP contribution in [0.4, 0.5) is 4.39 Å². The topological polar surface area (TPSA) is 108 Å². The Morgan fingerprint density at radius 3 is 2.09 bits per heavy atom. The fourth-order valence-corrected chi connectivity index (χ4v) is 3.21. The van der Waals surface area contributed by atoms with Crippen LogP contribution in [0.1, 0.15) is 32.7 Å². The van der Waals surface area contributed by atoms with Crippen molar-refractivity contribution in [3.63, 3.8) is 0 Å². The largest absolute Gasteiger partial charge is 0.494 e. The molecule has 0 bridgehead atoms. The van der Waals surface area contributed by atoms with Gasteiger partial charge in [-0.25, -0.2) is 14.4 Å². The number of aromatic nitrogens is 5. The van der Waals surface area contributed by atoms with Crippen LogP contribution in [0.25, 0.3) is 17.3 Å². The molecule has 3 aromatic heterocycles. The third-order valence-electron chi connectivity index (χ3n) is 4.68. The summed E-state index contributed by atoms with van der Waals surface area (Å²) in [6.07, 6.45) is 3.20. The number of hydrogen-bond acceptors (Lipinski definition) is 8. The fraction of sp³-hybridized carbons (Fsp3) is 0.360. The number of hydrogen-bond donors (Lipinski definition) is 1. The number of methoxy groups -OCH3 is 2. The highest BCUT2D eigenvalue weighted by atomic mass is 19.1. The molecular weight excluding hydrogens is 453 g/mol. The summed E-state index contributed by atoms with van der Waals surface area (Å²) in [6.45, 7) is 7.92. The maximum absolute atomic E-state index is 12.3. The van der Waals surface area contributed by atoms with Crippen LogP contribution in [0.2, 0.25) is 0 Å². The van der Waals surface area contributed by atoms with Crippen LogP contribution in [-0.4, -0.2) is 51.2 Å². The second-order valence-electron chi connectivity index (χ2n) is 7.74. The highest BCUT2D eigenvalue weighted by Crippen LogP contribution is 2.36. The number of aliphatic hydroxyl groups is 1. The normalized spacial score (nSPS) is 10.2. The van der Waals surface area contributed by atoms with Crippen molar-refractivity contribution in [3.8, 4) is 28.8 Å². The lowest BCUT2D eigenvalue weighted by atomic mass is 10.1. The molecule has 10 heteroatoms. The zero-order valence-corrected chi connectivity index (χ0v) is 21.1. The number of aryl methyl sites for hydroxylation is 2. The van der Waals surface area contributed by atoms with E-state index in [0.717, 1.165) is 25.0 Å². The van der Waals surface area contributed by atoms with Crippen LogP contribution in [-0.2, 0) is 6.42 Å².